The van der Waals surface area contributed by atoms with Crippen LogP contribution in [-0.4, -0.2) is 19.2 Å². The summed E-state index contributed by atoms with van der Waals surface area (Å²) >= 11 is 0. The molecule has 88 valence electrons. The van der Waals surface area contributed by atoms with Crippen LogP contribution in [0.25, 0.3) is 0 Å². The molecule has 2 N–H and O–H groups in total. The van der Waals surface area contributed by atoms with E-state index in [0.717, 1.165) is 5.75 Å². The van der Waals surface area contributed by atoms with E-state index >= 15 is 0 Å². The lowest BCUT2D eigenvalue weighted by Crippen LogP contribution is -2.22. The van der Waals surface area contributed by atoms with Gasteiger partial charge in [0.15, 0.2) is 0 Å². The molecule has 0 spiro atoms. The Labute approximate surface area is 95.3 Å². The molecule has 0 bridgehead atoms. The molecule has 0 fully saturated rings. The number of hydrogen-bond donors (Lipinski definition) is 1. The summed E-state index contributed by atoms with van der Waals surface area (Å²) in [7, 11) is 1.32. The van der Waals surface area contributed by atoms with Gasteiger partial charge >= 0.3 is 5.97 Å². The summed E-state index contributed by atoms with van der Waals surface area (Å²) in [5.41, 5.74) is 6.40. The third kappa shape index (κ3) is 3.24. The van der Waals surface area contributed by atoms with Gasteiger partial charge in [-0.2, -0.15) is 0 Å². The number of rotatable bonds is 4. The predicted octanol–water partition coefficient (Wildman–Crippen LogP) is 1.65. The van der Waals surface area contributed by atoms with Gasteiger partial charge in [0.1, 0.15) is 11.8 Å². The molecular formula is C12H17NO3. The summed E-state index contributed by atoms with van der Waals surface area (Å²) in [6.07, 6.45) is 0.125. The fourth-order valence-corrected chi connectivity index (χ4v) is 1.29. The van der Waals surface area contributed by atoms with Gasteiger partial charge in [0.25, 0.3) is 0 Å². The van der Waals surface area contributed by atoms with E-state index < -0.39 is 12.0 Å². The quantitative estimate of drug-likeness (QED) is 0.788. The highest BCUT2D eigenvalue weighted by Crippen LogP contribution is 2.18. The molecule has 0 heterocycles. The largest absolute Gasteiger partial charge is 0.491 e. The van der Waals surface area contributed by atoms with Crippen molar-refractivity contribution in [1.29, 1.82) is 0 Å². The molecule has 4 nitrogen and oxygen atoms in total. The van der Waals surface area contributed by atoms with Crippen LogP contribution in [0.3, 0.4) is 0 Å². The van der Waals surface area contributed by atoms with Crippen molar-refractivity contribution in [2.45, 2.75) is 26.0 Å². The van der Waals surface area contributed by atoms with E-state index in [4.69, 9.17) is 10.5 Å². The highest BCUT2D eigenvalue weighted by molar-refractivity contribution is 5.77. The minimum atomic E-state index is -0.738. The summed E-state index contributed by atoms with van der Waals surface area (Å²) < 4.78 is 10.0. The van der Waals surface area contributed by atoms with E-state index in [9.17, 15) is 4.79 Å². The first kappa shape index (κ1) is 12.5. The summed E-state index contributed by atoms with van der Waals surface area (Å²) in [6.45, 7) is 3.90. The Kier molecular flexibility index (Phi) is 4.31. The van der Waals surface area contributed by atoms with Crippen LogP contribution in [0.4, 0.5) is 0 Å². The number of esters is 1. The van der Waals surface area contributed by atoms with E-state index in [2.05, 4.69) is 4.74 Å². The molecule has 16 heavy (non-hydrogen) atoms. The third-order valence-electron chi connectivity index (χ3n) is 2.07. The average molecular weight is 223 g/mol. The zero-order valence-electron chi connectivity index (χ0n) is 9.77. The Balaban J connectivity index is 2.74. The molecule has 0 saturated carbocycles. The molecule has 4 heteroatoms. The predicted molar refractivity (Wildman–Crippen MR) is 61.2 cm³/mol. The van der Waals surface area contributed by atoms with Gasteiger partial charge in [-0.3, -0.25) is 4.79 Å². The van der Waals surface area contributed by atoms with E-state index in [1.54, 1.807) is 24.3 Å². The lowest BCUT2D eigenvalue weighted by molar-refractivity contribution is -0.142. The highest BCUT2D eigenvalue weighted by Gasteiger charge is 2.15. The summed E-state index contributed by atoms with van der Waals surface area (Å²) in [5, 5.41) is 0. The van der Waals surface area contributed by atoms with Crippen LogP contribution in [0, 0.1) is 0 Å². The smallest absolute Gasteiger partial charge is 0.327 e. The van der Waals surface area contributed by atoms with E-state index in [1.165, 1.54) is 7.11 Å². The second kappa shape index (κ2) is 5.51. The maximum atomic E-state index is 11.2. The second-order valence-corrected chi connectivity index (χ2v) is 3.74. The summed E-state index contributed by atoms with van der Waals surface area (Å²) in [5.74, 6) is 0.313. The van der Waals surface area contributed by atoms with Gasteiger partial charge in [-0.1, -0.05) is 12.1 Å². The van der Waals surface area contributed by atoms with Gasteiger partial charge in [0.05, 0.1) is 13.2 Å². The van der Waals surface area contributed by atoms with Crippen LogP contribution in [0.2, 0.25) is 0 Å². The van der Waals surface area contributed by atoms with Crippen molar-refractivity contribution in [2.75, 3.05) is 7.11 Å². The Bertz CT molecular complexity index is 346. The van der Waals surface area contributed by atoms with Crippen LogP contribution < -0.4 is 10.5 Å². The minimum absolute atomic E-state index is 0.125. The zero-order chi connectivity index (χ0) is 12.1. The fraction of sp³-hybridized carbons (Fsp3) is 0.417. The lowest BCUT2D eigenvalue weighted by atomic mass is 10.1. The third-order valence-corrected chi connectivity index (χ3v) is 2.07. The van der Waals surface area contributed by atoms with Gasteiger partial charge in [-0.05, 0) is 31.5 Å². The van der Waals surface area contributed by atoms with Crippen LogP contribution in [0.1, 0.15) is 25.5 Å². The number of carbonyl (C=O) groups is 1. The first-order chi connectivity index (χ1) is 7.54. The van der Waals surface area contributed by atoms with Crippen molar-refractivity contribution >= 4 is 5.97 Å². The van der Waals surface area contributed by atoms with Crippen molar-refractivity contribution in [2.24, 2.45) is 5.73 Å². The molecule has 1 atom stereocenters. The van der Waals surface area contributed by atoms with E-state index in [1.807, 2.05) is 13.8 Å². The molecule has 0 aliphatic rings. The molecule has 0 unspecified atom stereocenters. The minimum Gasteiger partial charge on any atom is -0.491 e. The van der Waals surface area contributed by atoms with E-state index in [0.29, 0.717) is 5.56 Å². The first-order valence-electron chi connectivity index (χ1n) is 5.14. The number of carbonyl (C=O) groups excluding carboxylic acids is 1. The maximum Gasteiger partial charge on any atom is 0.327 e. The SMILES string of the molecule is COC(=O)[C@H](N)c1ccc(OC(C)C)cc1. The van der Waals surface area contributed by atoms with Crippen LogP contribution in [0.5, 0.6) is 5.75 Å². The topological polar surface area (TPSA) is 61.5 Å². The molecule has 0 amide bonds. The molecule has 1 aromatic rings. The van der Waals surface area contributed by atoms with Gasteiger partial charge in [0.2, 0.25) is 0 Å². The molecular weight excluding hydrogens is 206 g/mol. The lowest BCUT2D eigenvalue weighted by Gasteiger charge is -2.12. The Hall–Kier alpha value is -1.55. The van der Waals surface area contributed by atoms with Crippen molar-refractivity contribution in [3.8, 4) is 5.75 Å². The number of benzene rings is 1. The Morgan fingerprint density at radius 2 is 1.81 bits per heavy atom. The highest BCUT2D eigenvalue weighted by atomic mass is 16.5. The zero-order valence-corrected chi connectivity index (χ0v) is 9.77. The summed E-state index contributed by atoms with van der Waals surface area (Å²) in [6, 6.07) is 6.37. The normalized spacial score (nSPS) is 12.3. The molecule has 0 saturated heterocycles. The van der Waals surface area contributed by atoms with Gasteiger partial charge < -0.3 is 15.2 Å². The molecule has 1 rings (SSSR count). The summed E-state index contributed by atoms with van der Waals surface area (Å²) in [4.78, 5) is 11.2. The maximum absolute atomic E-state index is 11.2. The van der Waals surface area contributed by atoms with Crippen molar-refractivity contribution < 1.29 is 14.3 Å². The number of hydrogen-bond acceptors (Lipinski definition) is 4. The Morgan fingerprint density at radius 3 is 2.25 bits per heavy atom. The number of methoxy groups -OCH3 is 1. The van der Waals surface area contributed by atoms with Crippen LogP contribution in [0.15, 0.2) is 24.3 Å². The molecule has 0 aliphatic carbocycles. The average Bonchev–Trinajstić information content (AvgIpc) is 2.27. The van der Waals surface area contributed by atoms with Gasteiger partial charge in [-0.25, -0.2) is 0 Å². The monoisotopic (exact) mass is 223 g/mol. The first-order valence-corrected chi connectivity index (χ1v) is 5.14. The van der Waals surface area contributed by atoms with Crippen molar-refractivity contribution in [1.82, 2.24) is 0 Å². The van der Waals surface area contributed by atoms with E-state index in [-0.39, 0.29) is 6.10 Å². The molecule has 0 aliphatic heterocycles. The molecule has 0 aromatic heterocycles. The Morgan fingerprint density at radius 1 is 1.25 bits per heavy atom. The standard InChI is InChI=1S/C12H17NO3/c1-8(2)16-10-6-4-9(5-7-10)11(13)12(14)15-3/h4-8,11H,13H2,1-3H3/t11-/m1/s1. The van der Waals surface area contributed by atoms with Gasteiger partial charge in [0, 0.05) is 0 Å². The fourth-order valence-electron chi connectivity index (χ4n) is 1.29. The molecule has 1 aromatic carbocycles. The van der Waals surface area contributed by atoms with Crippen LogP contribution in [-0.2, 0) is 9.53 Å². The van der Waals surface area contributed by atoms with Gasteiger partial charge in [-0.15, -0.1) is 0 Å². The van der Waals surface area contributed by atoms with Crippen molar-refractivity contribution in [3.63, 3.8) is 0 Å². The number of nitrogens with two attached hydrogens (primary N) is 1. The number of ether oxygens (including phenoxy) is 2. The van der Waals surface area contributed by atoms with Crippen LogP contribution >= 0.6 is 0 Å². The second-order valence-electron chi connectivity index (χ2n) is 3.74. The molecule has 0 radical (unpaired) electrons. The van der Waals surface area contributed by atoms with Crippen molar-refractivity contribution in [3.05, 3.63) is 29.8 Å².